The first-order chi connectivity index (χ1) is 14.8. The molecule has 2 bridgehead atoms. The summed E-state index contributed by atoms with van der Waals surface area (Å²) in [6.07, 6.45) is 5.06. The van der Waals surface area contributed by atoms with Crippen molar-refractivity contribution in [2.24, 2.45) is 11.3 Å². The van der Waals surface area contributed by atoms with E-state index >= 15 is 0 Å². The van der Waals surface area contributed by atoms with Crippen LogP contribution in [0.3, 0.4) is 0 Å². The van der Waals surface area contributed by atoms with E-state index in [1.165, 1.54) is 16.8 Å². The topological polar surface area (TPSA) is 121 Å². The molecule has 1 aromatic rings. The first kappa shape index (κ1) is 20.9. The zero-order valence-electron chi connectivity index (χ0n) is 17.8. The zero-order valence-corrected chi connectivity index (χ0v) is 17.8. The van der Waals surface area contributed by atoms with Crippen LogP contribution in [0.5, 0.6) is 0 Å². The van der Waals surface area contributed by atoms with Crippen LogP contribution >= 0.6 is 0 Å². The lowest BCUT2D eigenvalue weighted by atomic mass is 9.61. The van der Waals surface area contributed by atoms with Crippen molar-refractivity contribution in [2.75, 3.05) is 12.1 Å². The second kappa shape index (κ2) is 7.54. The number of carbonyl (C=O) groups excluding carboxylic acids is 1. The summed E-state index contributed by atoms with van der Waals surface area (Å²) in [5.41, 5.74) is 0.892. The lowest BCUT2D eigenvalue weighted by molar-refractivity contribution is -0.205. The third-order valence-corrected chi connectivity index (χ3v) is 7.25. The second-order valence-electron chi connectivity index (χ2n) is 9.61. The summed E-state index contributed by atoms with van der Waals surface area (Å²) < 4.78 is 25.2. The summed E-state index contributed by atoms with van der Waals surface area (Å²) in [7, 11) is 0. The summed E-state index contributed by atoms with van der Waals surface area (Å²) in [5, 5.41) is 8.97. The Morgan fingerprint density at radius 2 is 1.94 bits per heavy atom. The number of anilines is 1. The maximum Gasteiger partial charge on any atom is 0.351 e. The Balaban J connectivity index is 1.32. The lowest BCUT2D eigenvalue weighted by Gasteiger charge is -2.44. The molecule has 0 aromatic carbocycles. The van der Waals surface area contributed by atoms with E-state index in [1.807, 2.05) is 5.48 Å². The lowest BCUT2D eigenvalue weighted by Crippen LogP contribution is -2.43. The van der Waals surface area contributed by atoms with Crippen molar-refractivity contribution >= 4 is 11.8 Å². The van der Waals surface area contributed by atoms with Gasteiger partial charge in [0.25, 0.3) is 0 Å². The first-order valence-electron chi connectivity index (χ1n) is 11.0. The number of hydrogen-bond acceptors (Lipinski definition) is 9. The maximum absolute atomic E-state index is 13.0. The quantitative estimate of drug-likeness (QED) is 0.528. The van der Waals surface area contributed by atoms with Gasteiger partial charge in [-0.15, -0.1) is 0 Å². The number of nitrogens with one attached hydrogen (secondary N) is 1. The summed E-state index contributed by atoms with van der Waals surface area (Å²) >= 11 is 0. The standard InChI is InChI=1S/C21H29N3O7/c1-20(2)30-15-13(11-28-18(25)21-7-3-12(4-8-21)5-9-21)29-17(16(15)31-20)24-10-6-14(23-27)22-19(24)26/h6,10,12-13,15-17,27H,3-5,7-9,11H2,1-2H3,(H,22,23,26)/t12?,13-,15-,16-,17-,21?/m1/s1. The van der Waals surface area contributed by atoms with Crippen LogP contribution < -0.4 is 11.2 Å². The van der Waals surface area contributed by atoms with Gasteiger partial charge < -0.3 is 18.9 Å². The van der Waals surface area contributed by atoms with Gasteiger partial charge in [0.15, 0.2) is 17.8 Å². The van der Waals surface area contributed by atoms with Crippen LogP contribution in [0.15, 0.2) is 17.1 Å². The average molecular weight is 435 g/mol. The molecule has 1 aromatic heterocycles. The minimum Gasteiger partial charge on any atom is -0.462 e. The highest BCUT2D eigenvalue weighted by Gasteiger charge is 2.57. The smallest absolute Gasteiger partial charge is 0.351 e. The van der Waals surface area contributed by atoms with Gasteiger partial charge in [0.05, 0.1) is 5.41 Å². The Labute approximate surface area is 179 Å². The number of esters is 1. The SMILES string of the molecule is CC1(C)O[C@@H]2[C@H](O1)[C@@H](COC(=O)C13CCC(CC1)CC3)O[C@H]2n1ccc(NO)nc1=O. The molecule has 0 amide bonds. The fourth-order valence-electron chi connectivity index (χ4n) is 5.55. The van der Waals surface area contributed by atoms with Crippen molar-refractivity contribution in [1.82, 2.24) is 9.55 Å². The van der Waals surface area contributed by atoms with Crippen molar-refractivity contribution in [3.8, 4) is 0 Å². The minimum absolute atomic E-state index is 0.0339. The first-order valence-corrected chi connectivity index (χ1v) is 11.0. The summed E-state index contributed by atoms with van der Waals surface area (Å²) in [6, 6.07) is 1.45. The number of ether oxygens (including phenoxy) is 4. The Morgan fingerprint density at radius 3 is 2.58 bits per heavy atom. The van der Waals surface area contributed by atoms with Gasteiger partial charge >= 0.3 is 11.7 Å². The van der Waals surface area contributed by atoms with Gasteiger partial charge in [0, 0.05) is 6.20 Å². The third kappa shape index (κ3) is 3.65. The minimum atomic E-state index is -0.857. The highest BCUT2D eigenvalue weighted by molar-refractivity contribution is 5.77. The van der Waals surface area contributed by atoms with Gasteiger partial charge in [-0.25, -0.2) is 4.79 Å². The van der Waals surface area contributed by atoms with E-state index in [0.717, 1.165) is 44.4 Å². The molecule has 5 fully saturated rings. The van der Waals surface area contributed by atoms with E-state index in [-0.39, 0.29) is 23.8 Å². The predicted octanol–water partition coefficient (Wildman–Crippen LogP) is 1.98. The molecule has 2 N–H and O–H groups in total. The van der Waals surface area contributed by atoms with Gasteiger partial charge in [-0.1, -0.05) is 0 Å². The molecular formula is C21H29N3O7. The van der Waals surface area contributed by atoms with Gasteiger partial charge in [0.1, 0.15) is 24.9 Å². The molecular weight excluding hydrogens is 406 g/mol. The van der Waals surface area contributed by atoms with Crippen LogP contribution in [0, 0.1) is 11.3 Å². The van der Waals surface area contributed by atoms with Gasteiger partial charge in [-0.05, 0) is 64.4 Å². The molecule has 2 aliphatic heterocycles. The number of nitrogens with zero attached hydrogens (tertiary/aromatic N) is 2. The van der Waals surface area contributed by atoms with E-state index < -0.39 is 36.0 Å². The molecule has 10 nitrogen and oxygen atoms in total. The molecule has 31 heavy (non-hydrogen) atoms. The normalized spacial score (nSPS) is 38.1. The van der Waals surface area contributed by atoms with Crippen molar-refractivity contribution in [1.29, 1.82) is 0 Å². The highest BCUT2D eigenvalue weighted by Crippen LogP contribution is 2.51. The molecule has 6 rings (SSSR count). The Hall–Kier alpha value is -2.01. The van der Waals surface area contributed by atoms with Crippen LogP contribution in [0.4, 0.5) is 5.82 Å². The molecule has 3 saturated carbocycles. The van der Waals surface area contributed by atoms with E-state index in [0.29, 0.717) is 0 Å². The molecule has 0 spiro atoms. The van der Waals surface area contributed by atoms with Crippen LogP contribution in [-0.2, 0) is 23.7 Å². The Morgan fingerprint density at radius 1 is 1.26 bits per heavy atom. The van der Waals surface area contributed by atoms with Crippen molar-refractivity contribution < 1.29 is 28.9 Å². The molecule has 0 radical (unpaired) electrons. The average Bonchev–Trinajstić information content (AvgIpc) is 3.26. The molecule has 10 heteroatoms. The van der Waals surface area contributed by atoms with E-state index in [9.17, 15) is 9.59 Å². The largest absolute Gasteiger partial charge is 0.462 e. The molecule has 2 saturated heterocycles. The summed E-state index contributed by atoms with van der Waals surface area (Å²) in [6.45, 7) is 3.63. The number of aromatic nitrogens is 2. The van der Waals surface area contributed by atoms with Crippen molar-refractivity contribution in [2.45, 2.75) is 82.7 Å². The predicted molar refractivity (Wildman–Crippen MR) is 106 cm³/mol. The Kier molecular flexibility index (Phi) is 5.08. The van der Waals surface area contributed by atoms with E-state index in [1.54, 1.807) is 13.8 Å². The van der Waals surface area contributed by atoms with E-state index in [4.69, 9.17) is 24.2 Å². The van der Waals surface area contributed by atoms with Gasteiger partial charge in [-0.2, -0.15) is 4.98 Å². The maximum atomic E-state index is 13.0. The fourth-order valence-corrected chi connectivity index (χ4v) is 5.55. The van der Waals surface area contributed by atoms with Gasteiger partial charge in [0.2, 0.25) is 0 Å². The number of carbonyl (C=O) groups is 1. The molecule has 0 unspecified atom stereocenters. The monoisotopic (exact) mass is 435 g/mol. The number of fused-ring (bicyclic) bond motifs is 4. The molecule has 5 aliphatic rings. The summed E-state index contributed by atoms with van der Waals surface area (Å²) in [4.78, 5) is 29.2. The van der Waals surface area contributed by atoms with Crippen molar-refractivity contribution in [3.63, 3.8) is 0 Å². The van der Waals surface area contributed by atoms with Crippen molar-refractivity contribution in [3.05, 3.63) is 22.7 Å². The second-order valence-corrected chi connectivity index (χ2v) is 9.61. The molecule has 3 aliphatic carbocycles. The zero-order chi connectivity index (χ0) is 21.8. The highest BCUT2D eigenvalue weighted by atomic mass is 16.8. The molecule has 170 valence electrons. The Bertz CT molecular complexity index is 895. The van der Waals surface area contributed by atoms with E-state index in [2.05, 4.69) is 4.98 Å². The number of rotatable bonds is 5. The summed E-state index contributed by atoms with van der Waals surface area (Å²) in [5.74, 6) is -0.208. The third-order valence-electron chi connectivity index (χ3n) is 7.25. The molecule has 4 atom stereocenters. The number of hydrogen-bond donors (Lipinski definition) is 2. The fraction of sp³-hybridized carbons (Fsp3) is 0.762. The van der Waals surface area contributed by atoms with Crippen LogP contribution in [-0.4, -0.2) is 51.4 Å². The van der Waals surface area contributed by atoms with Gasteiger partial charge in [-0.3, -0.25) is 20.0 Å². The molecule has 3 heterocycles. The van der Waals surface area contributed by atoms with Crippen LogP contribution in [0.25, 0.3) is 0 Å². The van der Waals surface area contributed by atoms with Crippen LogP contribution in [0.2, 0.25) is 0 Å². The van der Waals surface area contributed by atoms with Crippen LogP contribution in [0.1, 0.15) is 58.6 Å².